The van der Waals surface area contributed by atoms with Crippen molar-refractivity contribution in [2.75, 3.05) is 5.32 Å². The van der Waals surface area contributed by atoms with Gasteiger partial charge in [0.15, 0.2) is 11.5 Å². The highest BCUT2D eigenvalue weighted by Crippen LogP contribution is 2.25. The summed E-state index contributed by atoms with van der Waals surface area (Å²) in [5.41, 5.74) is 2.41. The van der Waals surface area contributed by atoms with Gasteiger partial charge in [0.1, 0.15) is 5.76 Å². The van der Waals surface area contributed by atoms with Gasteiger partial charge in [-0.25, -0.2) is 9.50 Å². The number of imidazole rings is 1. The Morgan fingerprint density at radius 1 is 1.15 bits per heavy atom. The average molecular weight is 478 g/mol. The molecule has 0 aromatic carbocycles. The second kappa shape index (κ2) is 9.80. The maximum absolute atomic E-state index is 12.5. The van der Waals surface area contributed by atoms with Gasteiger partial charge in [0, 0.05) is 17.7 Å². The Hall–Kier alpha value is -3.46. The second-order valence-corrected chi connectivity index (χ2v) is 9.64. The number of rotatable bonds is 6. The monoisotopic (exact) mass is 477 g/mol. The molecule has 0 bridgehead atoms. The third kappa shape index (κ3) is 5.04. The first-order chi connectivity index (χ1) is 16.5. The third-order valence-corrected chi connectivity index (χ3v) is 7.18. The molecule has 9 heteroatoms. The van der Waals surface area contributed by atoms with Gasteiger partial charge in [0.2, 0.25) is 11.8 Å². The molecule has 3 aromatic heterocycles. The van der Waals surface area contributed by atoms with Crippen LogP contribution < -0.4 is 15.4 Å². The molecule has 2 aliphatic carbocycles. The summed E-state index contributed by atoms with van der Waals surface area (Å²) in [5.74, 6) is 1.52. The van der Waals surface area contributed by atoms with Crippen LogP contribution in [0.5, 0.6) is 5.88 Å². The molecule has 2 aliphatic rings. The maximum atomic E-state index is 12.5. The number of thiophene rings is 1. The lowest BCUT2D eigenvalue weighted by atomic mass is 9.89. The molecule has 3 heterocycles. The van der Waals surface area contributed by atoms with Gasteiger partial charge in [0.05, 0.1) is 11.1 Å². The number of nitrogens with one attached hydrogen (secondary N) is 2. The van der Waals surface area contributed by atoms with E-state index in [2.05, 4.69) is 20.7 Å². The third-order valence-electron chi connectivity index (χ3n) is 6.16. The van der Waals surface area contributed by atoms with Crippen molar-refractivity contribution in [1.29, 1.82) is 0 Å². The summed E-state index contributed by atoms with van der Waals surface area (Å²) in [6.45, 7) is 1.93. The fraction of sp³-hybridized carbons (Fsp3) is 0.360. The smallest absolute Gasteiger partial charge is 0.265 e. The van der Waals surface area contributed by atoms with Crippen molar-refractivity contribution in [1.82, 2.24) is 19.9 Å². The van der Waals surface area contributed by atoms with Crippen molar-refractivity contribution >= 4 is 34.6 Å². The Kier molecular flexibility index (Phi) is 6.44. The highest BCUT2D eigenvalue weighted by molar-refractivity contribution is 7.12. The molecule has 2 N–H and O–H groups in total. The number of carbonyl (C=O) groups is 2. The number of carbonyl (C=O) groups excluding carboxylic acids is 2. The van der Waals surface area contributed by atoms with Crippen molar-refractivity contribution < 1.29 is 14.3 Å². The molecule has 0 radical (unpaired) electrons. The van der Waals surface area contributed by atoms with E-state index in [4.69, 9.17) is 4.74 Å². The van der Waals surface area contributed by atoms with E-state index in [1.165, 1.54) is 17.8 Å². The minimum atomic E-state index is -0.0965. The zero-order valence-corrected chi connectivity index (χ0v) is 19.9. The number of ether oxygens (including phenoxy) is 1. The molecule has 0 spiro atoms. The number of fused-ring (bicyclic) bond motifs is 1. The number of nitrogens with zero attached hydrogens (tertiary/aromatic N) is 3. The van der Waals surface area contributed by atoms with Gasteiger partial charge in [-0.15, -0.1) is 16.4 Å². The van der Waals surface area contributed by atoms with Crippen LogP contribution in [0, 0.1) is 12.8 Å². The Morgan fingerprint density at radius 3 is 2.79 bits per heavy atom. The Bertz CT molecular complexity index is 1280. The number of amides is 2. The topological polar surface area (TPSA) is 97.6 Å². The van der Waals surface area contributed by atoms with Gasteiger partial charge in [-0.05, 0) is 67.8 Å². The molecule has 0 saturated heterocycles. The van der Waals surface area contributed by atoms with E-state index in [-0.39, 0.29) is 17.7 Å². The van der Waals surface area contributed by atoms with Crippen LogP contribution in [-0.4, -0.2) is 26.4 Å². The minimum absolute atomic E-state index is 0.0318. The first-order valence-electron chi connectivity index (χ1n) is 11.7. The molecule has 8 nitrogen and oxygen atoms in total. The van der Waals surface area contributed by atoms with Gasteiger partial charge in [-0.1, -0.05) is 19.3 Å². The number of aryl methyl sites for hydroxylation is 1. The Labute approximate surface area is 201 Å². The molecular formula is C25H27N5O3S. The van der Waals surface area contributed by atoms with Crippen molar-refractivity contribution in [2.24, 2.45) is 5.92 Å². The van der Waals surface area contributed by atoms with E-state index in [1.54, 1.807) is 22.8 Å². The molecule has 3 aromatic rings. The SMILES string of the molecule is Cc1ccsc1C(=O)NC1=CC(Oc2ccc3nc(NC(=O)C4CCCCC4)cn3n2)=CCC1. The van der Waals surface area contributed by atoms with Crippen LogP contribution >= 0.6 is 11.3 Å². The van der Waals surface area contributed by atoms with E-state index in [0.717, 1.165) is 54.7 Å². The van der Waals surface area contributed by atoms with E-state index in [9.17, 15) is 9.59 Å². The van der Waals surface area contributed by atoms with Gasteiger partial charge in [0.25, 0.3) is 5.91 Å². The number of hydrogen-bond acceptors (Lipinski definition) is 6. The number of hydrogen-bond donors (Lipinski definition) is 2. The van der Waals surface area contributed by atoms with Crippen LogP contribution in [-0.2, 0) is 4.79 Å². The van der Waals surface area contributed by atoms with Crippen molar-refractivity contribution in [2.45, 2.75) is 51.9 Å². The zero-order chi connectivity index (χ0) is 23.5. The Morgan fingerprint density at radius 2 is 2.00 bits per heavy atom. The van der Waals surface area contributed by atoms with Crippen LogP contribution in [0.4, 0.5) is 5.82 Å². The Balaban J connectivity index is 1.24. The number of aromatic nitrogens is 3. The highest BCUT2D eigenvalue weighted by atomic mass is 32.1. The van der Waals surface area contributed by atoms with Crippen LogP contribution in [0.2, 0.25) is 0 Å². The lowest BCUT2D eigenvalue weighted by Gasteiger charge is -2.19. The quantitative estimate of drug-likeness (QED) is 0.521. The summed E-state index contributed by atoms with van der Waals surface area (Å²) in [7, 11) is 0. The number of anilines is 1. The lowest BCUT2D eigenvalue weighted by Crippen LogP contribution is -2.24. The summed E-state index contributed by atoms with van der Waals surface area (Å²) in [6, 6.07) is 5.48. The minimum Gasteiger partial charge on any atom is -0.438 e. The highest BCUT2D eigenvalue weighted by Gasteiger charge is 2.22. The van der Waals surface area contributed by atoms with Crippen LogP contribution in [0.3, 0.4) is 0 Å². The van der Waals surface area contributed by atoms with Crippen molar-refractivity contribution in [3.63, 3.8) is 0 Å². The lowest BCUT2D eigenvalue weighted by molar-refractivity contribution is -0.120. The van der Waals surface area contributed by atoms with Gasteiger partial charge in [-0.3, -0.25) is 9.59 Å². The van der Waals surface area contributed by atoms with Crippen molar-refractivity contribution in [3.8, 4) is 5.88 Å². The summed E-state index contributed by atoms with van der Waals surface area (Å²) < 4.78 is 7.56. The van der Waals surface area contributed by atoms with E-state index in [1.807, 2.05) is 30.5 Å². The van der Waals surface area contributed by atoms with E-state index >= 15 is 0 Å². The van der Waals surface area contributed by atoms with E-state index in [0.29, 0.717) is 23.1 Å². The van der Waals surface area contributed by atoms with Gasteiger partial charge >= 0.3 is 0 Å². The van der Waals surface area contributed by atoms with Crippen LogP contribution in [0.15, 0.2) is 53.4 Å². The maximum Gasteiger partial charge on any atom is 0.265 e. The molecule has 2 amide bonds. The summed E-state index contributed by atoms with van der Waals surface area (Å²) in [4.78, 5) is 30.2. The molecular weight excluding hydrogens is 450 g/mol. The zero-order valence-electron chi connectivity index (χ0n) is 19.0. The van der Waals surface area contributed by atoms with Crippen LogP contribution in [0.25, 0.3) is 5.65 Å². The molecule has 0 aliphatic heterocycles. The molecule has 34 heavy (non-hydrogen) atoms. The molecule has 0 unspecified atom stereocenters. The summed E-state index contributed by atoms with van der Waals surface area (Å²) in [6.07, 6.45) is 12.3. The first kappa shape index (κ1) is 22.3. The normalized spacial score (nSPS) is 16.6. The van der Waals surface area contributed by atoms with E-state index < -0.39 is 0 Å². The molecule has 1 saturated carbocycles. The average Bonchev–Trinajstić information content (AvgIpc) is 3.45. The molecule has 5 rings (SSSR count). The molecule has 0 atom stereocenters. The predicted octanol–water partition coefficient (Wildman–Crippen LogP) is 4.99. The fourth-order valence-electron chi connectivity index (χ4n) is 4.34. The summed E-state index contributed by atoms with van der Waals surface area (Å²) >= 11 is 1.43. The summed E-state index contributed by atoms with van der Waals surface area (Å²) in [5, 5.41) is 12.3. The fourth-order valence-corrected chi connectivity index (χ4v) is 5.16. The first-order valence-corrected chi connectivity index (χ1v) is 12.5. The van der Waals surface area contributed by atoms with Gasteiger partial charge < -0.3 is 15.4 Å². The van der Waals surface area contributed by atoms with Crippen LogP contribution in [0.1, 0.15) is 60.2 Å². The molecule has 176 valence electrons. The predicted molar refractivity (Wildman–Crippen MR) is 131 cm³/mol. The largest absolute Gasteiger partial charge is 0.438 e. The van der Waals surface area contributed by atoms with Crippen molar-refractivity contribution in [3.05, 3.63) is 63.8 Å². The molecule has 1 fully saturated rings. The number of allylic oxidation sites excluding steroid dienone is 3. The van der Waals surface area contributed by atoms with Gasteiger partial charge in [-0.2, -0.15) is 0 Å². The standard InChI is InChI=1S/C25H27N5O3S/c1-16-12-13-34-23(16)25(32)26-18-8-5-9-19(14-18)33-22-11-10-21-27-20(15-30(21)29-22)28-24(31)17-6-3-2-4-7-17/h9-15,17H,2-8H2,1H3,(H,26,32)(H,28,31). The second-order valence-electron chi connectivity index (χ2n) is 8.73.